The molecule has 86 valence electrons. The van der Waals surface area contributed by atoms with Crippen molar-refractivity contribution in [3.8, 4) is 11.3 Å². The summed E-state index contributed by atoms with van der Waals surface area (Å²) in [6.07, 6.45) is 3.14. The second-order valence-corrected chi connectivity index (χ2v) is 3.84. The summed E-state index contributed by atoms with van der Waals surface area (Å²) in [4.78, 5) is 18.9. The van der Waals surface area contributed by atoms with Crippen LogP contribution in [-0.2, 0) is 11.2 Å². The number of aliphatic carboxylic acids is 1. The first-order valence-electron chi connectivity index (χ1n) is 4.94. The molecule has 2 rings (SSSR count). The second kappa shape index (κ2) is 4.93. The Labute approximate surface area is 103 Å². The van der Waals surface area contributed by atoms with Crippen molar-refractivity contribution in [1.82, 2.24) is 9.97 Å². The summed E-state index contributed by atoms with van der Waals surface area (Å²) in [5, 5.41) is 9.10. The number of carboxylic acids is 1. The Morgan fingerprint density at radius 2 is 2.18 bits per heavy atom. The van der Waals surface area contributed by atoms with Crippen LogP contribution in [0.1, 0.15) is 5.69 Å². The van der Waals surface area contributed by atoms with E-state index in [1.807, 2.05) is 6.07 Å². The molecular formula is C12H9ClN2O2. The molecule has 0 aliphatic carbocycles. The van der Waals surface area contributed by atoms with E-state index in [2.05, 4.69) is 9.97 Å². The van der Waals surface area contributed by atoms with Crippen LogP contribution in [-0.4, -0.2) is 21.0 Å². The second-order valence-electron chi connectivity index (χ2n) is 3.44. The number of hydrogen-bond donors (Lipinski definition) is 1. The van der Waals surface area contributed by atoms with Gasteiger partial charge in [0, 0.05) is 18.0 Å². The van der Waals surface area contributed by atoms with Gasteiger partial charge in [-0.15, -0.1) is 0 Å². The Balaban J connectivity index is 2.41. The summed E-state index contributed by atoms with van der Waals surface area (Å²) in [5.74, 6) is -0.956. The maximum absolute atomic E-state index is 10.7. The van der Waals surface area contributed by atoms with Gasteiger partial charge in [-0.25, -0.2) is 0 Å². The largest absolute Gasteiger partial charge is 0.481 e. The van der Waals surface area contributed by atoms with Crippen molar-refractivity contribution in [3.63, 3.8) is 0 Å². The van der Waals surface area contributed by atoms with Gasteiger partial charge >= 0.3 is 5.97 Å². The van der Waals surface area contributed by atoms with Gasteiger partial charge in [0.2, 0.25) is 0 Å². The van der Waals surface area contributed by atoms with Crippen LogP contribution in [0.3, 0.4) is 0 Å². The molecule has 0 saturated heterocycles. The first kappa shape index (κ1) is 11.5. The molecule has 0 aliphatic rings. The van der Waals surface area contributed by atoms with Crippen molar-refractivity contribution >= 4 is 17.6 Å². The molecule has 0 bridgehead atoms. The number of aromatic nitrogens is 2. The molecule has 5 heteroatoms. The lowest BCUT2D eigenvalue weighted by molar-refractivity contribution is -0.136. The molecule has 0 radical (unpaired) electrons. The number of halogens is 1. The summed E-state index contributed by atoms with van der Waals surface area (Å²) in [5.41, 5.74) is 1.86. The average molecular weight is 249 g/mol. The van der Waals surface area contributed by atoms with Crippen LogP contribution in [0.2, 0.25) is 5.02 Å². The summed E-state index contributed by atoms with van der Waals surface area (Å²) < 4.78 is 0. The van der Waals surface area contributed by atoms with E-state index in [-0.39, 0.29) is 6.42 Å². The maximum Gasteiger partial charge on any atom is 0.309 e. The number of hydrogen-bond acceptors (Lipinski definition) is 3. The third kappa shape index (κ3) is 2.79. The van der Waals surface area contributed by atoms with Gasteiger partial charge in [-0.05, 0) is 24.3 Å². The van der Waals surface area contributed by atoms with E-state index in [1.165, 1.54) is 0 Å². The van der Waals surface area contributed by atoms with Crippen molar-refractivity contribution in [2.45, 2.75) is 6.42 Å². The molecule has 0 amide bonds. The zero-order valence-corrected chi connectivity index (χ0v) is 9.55. The monoisotopic (exact) mass is 248 g/mol. The SMILES string of the molecule is O=C(O)Cc1nc(-c2cccnc2)ccc1Cl. The van der Waals surface area contributed by atoms with Crippen LogP contribution in [0.15, 0.2) is 36.7 Å². The smallest absolute Gasteiger partial charge is 0.309 e. The van der Waals surface area contributed by atoms with Gasteiger partial charge < -0.3 is 5.11 Å². The lowest BCUT2D eigenvalue weighted by Crippen LogP contribution is -2.03. The highest BCUT2D eigenvalue weighted by Gasteiger charge is 2.09. The molecule has 0 atom stereocenters. The van der Waals surface area contributed by atoms with Gasteiger partial charge in [0.05, 0.1) is 22.8 Å². The molecule has 2 heterocycles. The van der Waals surface area contributed by atoms with Crippen molar-refractivity contribution in [3.05, 3.63) is 47.4 Å². The third-order valence-electron chi connectivity index (χ3n) is 2.19. The van der Waals surface area contributed by atoms with E-state index in [9.17, 15) is 4.79 Å². The van der Waals surface area contributed by atoms with Crippen LogP contribution in [0.4, 0.5) is 0 Å². The molecule has 17 heavy (non-hydrogen) atoms. The Hall–Kier alpha value is -1.94. The summed E-state index contributed by atoms with van der Waals surface area (Å²) in [6, 6.07) is 7.04. The van der Waals surface area contributed by atoms with Gasteiger partial charge in [0.25, 0.3) is 0 Å². The fraction of sp³-hybridized carbons (Fsp3) is 0.0833. The fourth-order valence-corrected chi connectivity index (χ4v) is 1.60. The fourth-order valence-electron chi connectivity index (χ4n) is 1.43. The van der Waals surface area contributed by atoms with E-state index in [0.717, 1.165) is 5.56 Å². The van der Waals surface area contributed by atoms with Crippen LogP contribution in [0.5, 0.6) is 0 Å². The Morgan fingerprint density at radius 1 is 1.35 bits per heavy atom. The number of nitrogens with zero attached hydrogens (tertiary/aromatic N) is 2. The minimum Gasteiger partial charge on any atom is -0.481 e. The van der Waals surface area contributed by atoms with Crippen molar-refractivity contribution in [2.75, 3.05) is 0 Å². The van der Waals surface area contributed by atoms with E-state index < -0.39 is 5.97 Å². The predicted octanol–water partition coefficient (Wildman–Crippen LogP) is 2.42. The predicted molar refractivity (Wildman–Crippen MR) is 63.8 cm³/mol. The number of rotatable bonds is 3. The lowest BCUT2D eigenvalue weighted by atomic mass is 10.1. The molecule has 0 fully saturated rings. The molecule has 2 aromatic rings. The van der Waals surface area contributed by atoms with Gasteiger partial charge in [-0.3, -0.25) is 14.8 Å². The minimum atomic E-state index is -0.956. The van der Waals surface area contributed by atoms with Crippen molar-refractivity contribution < 1.29 is 9.90 Å². The van der Waals surface area contributed by atoms with Gasteiger partial charge in [-0.2, -0.15) is 0 Å². The molecule has 4 nitrogen and oxygen atoms in total. The van der Waals surface area contributed by atoms with Crippen LogP contribution in [0.25, 0.3) is 11.3 Å². The molecule has 0 unspecified atom stereocenters. The molecule has 0 saturated carbocycles. The van der Waals surface area contributed by atoms with Crippen molar-refractivity contribution in [2.24, 2.45) is 0 Å². The first-order valence-corrected chi connectivity index (χ1v) is 5.32. The third-order valence-corrected chi connectivity index (χ3v) is 2.54. The highest BCUT2D eigenvalue weighted by atomic mass is 35.5. The topological polar surface area (TPSA) is 63.1 Å². The Morgan fingerprint density at radius 3 is 2.82 bits per heavy atom. The zero-order chi connectivity index (χ0) is 12.3. The molecular weight excluding hydrogens is 240 g/mol. The van der Waals surface area contributed by atoms with Gasteiger partial charge in [0.15, 0.2) is 0 Å². The summed E-state index contributed by atoms with van der Waals surface area (Å²) in [7, 11) is 0. The van der Waals surface area contributed by atoms with E-state index in [1.54, 1.807) is 30.6 Å². The summed E-state index contributed by atoms with van der Waals surface area (Å²) in [6.45, 7) is 0. The minimum absolute atomic E-state index is 0.188. The van der Waals surface area contributed by atoms with Crippen LogP contribution >= 0.6 is 11.6 Å². The standard InChI is InChI=1S/C12H9ClN2O2/c13-9-3-4-10(8-2-1-5-14-7-8)15-11(9)6-12(16)17/h1-5,7H,6H2,(H,16,17). The maximum atomic E-state index is 10.7. The number of carbonyl (C=O) groups is 1. The average Bonchev–Trinajstić information content (AvgIpc) is 2.32. The molecule has 0 aromatic carbocycles. The summed E-state index contributed by atoms with van der Waals surface area (Å²) >= 11 is 5.89. The number of carboxylic acid groups (broad SMARTS) is 1. The van der Waals surface area contributed by atoms with E-state index in [4.69, 9.17) is 16.7 Å². The van der Waals surface area contributed by atoms with Crippen molar-refractivity contribution in [1.29, 1.82) is 0 Å². The van der Waals surface area contributed by atoms with E-state index >= 15 is 0 Å². The quantitative estimate of drug-likeness (QED) is 0.906. The highest BCUT2D eigenvalue weighted by Crippen LogP contribution is 2.21. The Bertz CT molecular complexity index is 543. The molecule has 0 aliphatic heterocycles. The normalized spacial score (nSPS) is 10.2. The van der Waals surface area contributed by atoms with Crippen LogP contribution < -0.4 is 0 Å². The molecule has 0 spiro atoms. The van der Waals surface area contributed by atoms with E-state index in [0.29, 0.717) is 16.4 Å². The Kier molecular flexibility index (Phi) is 3.35. The van der Waals surface area contributed by atoms with Gasteiger partial charge in [0.1, 0.15) is 0 Å². The molecule has 2 aromatic heterocycles. The van der Waals surface area contributed by atoms with Gasteiger partial charge in [-0.1, -0.05) is 11.6 Å². The lowest BCUT2D eigenvalue weighted by Gasteiger charge is -2.04. The zero-order valence-electron chi connectivity index (χ0n) is 8.80. The van der Waals surface area contributed by atoms with Crippen LogP contribution in [0, 0.1) is 0 Å². The molecule has 1 N–H and O–H groups in total. The highest BCUT2D eigenvalue weighted by molar-refractivity contribution is 6.31. The first-order chi connectivity index (χ1) is 8.16. The number of pyridine rings is 2.